The van der Waals surface area contributed by atoms with E-state index in [2.05, 4.69) is 86.2 Å². The fraction of sp³-hybridized carbons (Fsp3) is 0.0882. The highest BCUT2D eigenvalue weighted by Crippen LogP contribution is 2.25. The lowest BCUT2D eigenvalue weighted by Gasteiger charge is -2.06. The molecule has 0 amide bonds. The lowest BCUT2D eigenvalue weighted by molar-refractivity contribution is 0.992. The molecule has 0 bridgehead atoms. The molecule has 0 spiro atoms. The van der Waals surface area contributed by atoms with E-state index in [9.17, 15) is 0 Å². The van der Waals surface area contributed by atoms with Crippen LogP contribution in [0.3, 0.4) is 0 Å². The van der Waals surface area contributed by atoms with Crippen LogP contribution in [-0.2, 0) is 0 Å². The van der Waals surface area contributed by atoms with Crippen molar-refractivity contribution in [2.75, 3.05) is 0 Å². The molecular formula is C68H62N10. The third-order valence-corrected chi connectivity index (χ3v) is 11.2. The van der Waals surface area contributed by atoms with E-state index in [0.29, 0.717) is 11.6 Å². The van der Waals surface area contributed by atoms with Gasteiger partial charge in [-0.25, -0.2) is 34.9 Å². The van der Waals surface area contributed by atoms with Crippen LogP contribution in [0.1, 0.15) is 34.2 Å². The number of hydrogen-bond donors (Lipinski definition) is 0. The van der Waals surface area contributed by atoms with Gasteiger partial charge in [0.05, 0.1) is 17.1 Å². The van der Waals surface area contributed by atoms with Crippen molar-refractivity contribution >= 4 is 0 Å². The number of hydrogen-bond acceptors (Lipinski definition) is 10. The van der Waals surface area contributed by atoms with Crippen LogP contribution < -0.4 is 0 Å². The molecule has 6 heterocycles. The highest BCUT2D eigenvalue weighted by atomic mass is 15.0. The Morgan fingerprint density at radius 3 is 0.974 bits per heavy atom. The van der Waals surface area contributed by atoms with Crippen molar-refractivity contribution in [2.45, 2.75) is 41.5 Å². The van der Waals surface area contributed by atoms with Crippen LogP contribution in [0.5, 0.6) is 0 Å². The molecule has 12 rings (SSSR count). The monoisotopic (exact) mass is 1020 g/mol. The molecular weight excluding hydrogens is 957 g/mol. The highest BCUT2D eigenvalue weighted by molar-refractivity contribution is 5.68. The normalized spacial score (nSPS) is 9.92. The number of pyridine rings is 3. The average Bonchev–Trinajstić information content (AvgIpc) is 3.50. The zero-order valence-electron chi connectivity index (χ0n) is 44.9. The maximum atomic E-state index is 4.66. The summed E-state index contributed by atoms with van der Waals surface area (Å²) in [6, 6.07) is 78.3. The molecule has 0 aliphatic rings. The van der Waals surface area contributed by atoms with Gasteiger partial charge in [0.1, 0.15) is 11.6 Å². The summed E-state index contributed by atoms with van der Waals surface area (Å²) in [6.45, 7) is 11.9. The van der Waals surface area contributed by atoms with Crippen molar-refractivity contribution in [1.29, 1.82) is 0 Å². The fourth-order valence-electron chi connectivity index (χ4n) is 7.36. The van der Waals surface area contributed by atoms with Crippen molar-refractivity contribution in [3.05, 3.63) is 302 Å². The van der Waals surface area contributed by atoms with Gasteiger partial charge >= 0.3 is 0 Å². The molecule has 12 aromatic rings. The second-order valence-electron chi connectivity index (χ2n) is 17.7. The second-order valence-corrected chi connectivity index (χ2v) is 17.7. The van der Waals surface area contributed by atoms with Crippen LogP contribution in [0.2, 0.25) is 0 Å². The predicted octanol–water partition coefficient (Wildman–Crippen LogP) is 15.9. The zero-order valence-corrected chi connectivity index (χ0v) is 44.9. The molecule has 10 heteroatoms. The second kappa shape index (κ2) is 30.3. The van der Waals surface area contributed by atoms with Gasteiger partial charge in [-0.05, 0) is 95.1 Å². The van der Waals surface area contributed by atoms with Crippen molar-refractivity contribution in [3.63, 3.8) is 0 Å². The zero-order chi connectivity index (χ0) is 54.6. The molecule has 0 unspecified atom stereocenters. The predicted molar refractivity (Wildman–Crippen MR) is 318 cm³/mol. The Bertz CT molecular complexity index is 3020. The molecule has 6 aromatic carbocycles. The molecule has 0 aliphatic heterocycles. The molecule has 0 fully saturated rings. The fourth-order valence-corrected chi connectivity index (χ4v) is 7.36. The van der Waals surface area contributed by atoms with Gasteiger partial charge in [0.15, 0.2) is 17.5 Å². The quantitative estimate of drug-likeness (QED) is 0.159. The molecule has 0 radical (unpaired) electrons. The minimum absolute atomic E-state index is 0.715. The molecule has 0 aliphatic carbocycles. The number of rotatable bonds is 6. The lowest BCUT2D eigenvalue weighted by Crippen LogP contribution is -1.99. The highest BCUT2D eigenvalue weighted by Gasteiger charge is 2.09. The first-order valence-corrected chi connectivity index (χ1v) is 25.5. The van der Waals surface area contributed by atoms with Crippen molar-refractivity contribution < 1.29 is 0 Å². The Morgan fingerprint density at radius 2 is 0.641 bits per heavy atom. The van der Waals surface area contributed by atoms with Crippen LogP contribution in [0.25, 0.3) is 67.9 Å². The summed E-state index contributed by atoms with van der Waals surface area (Å²) in [5.41, 5.74) is 13.8. The Hall–Kier alpha value is -10.1. The van der Waals surface area contributed by atoms with Gasteiger partial charge in [0, 0.05) is 75.8 Å². The van der Waals surface area contributed by atoms with E-state index in [1.165, 1.54) is 11.1 Å². The lowest BCUT2D eigenvalue weighted by atomic mass is 10.1. The Kier molecular flexibility index (Phi) is 21.7. The topological polar surface area (TPSA) is 129 Å². The van der Waals surface area contributed by atoms with E-state index in [1.807, 2.05) is 248 Å². The minimum atomic E-state index is 0.715. The summed E-state index contributed by atoms with van der Waals surface area (Å²) in [5.74, 6) is 3.73. The summed E-state index contributed by atoms with van der Waals surface area (Å²) in [4.78, 5) is 43.3. The third kappa shape index (κ3) is 18.7. The molecule has 384 valence electrons. The number of nitrogens with zero attached hydrogens (tertiary/aromatic N) is 10. The SMILES string of the molecule is Cc1cc(-c2ccccc2)nc(-c2ccccc2)n1.Cc1ccccn1.Cc1cccnc1.Cc1ccncc1.Cc1nc(-c2ccccc2)cc(-c2ccccc2)n1.Cc1nc(-c2ccccc2)nc(-c2ccccc2)n1. The Morgan fingerprint density at radius 1 is 0.244 bits per heavy atom. The van der Waals surface area contributed by atoms with E-state index in [1.54, 1.807) is 24.8 Å². The van der Waals surface area contributed by atoms with Crippen LogP contribution in [0, 0.1) is 41.5 Å². The van der Waals surface area contributed by atoms with E-state index in [4.69, 9.17) is 0 Å². The van der Waals surface area contributed by atoms with Gasteiger partial charge in [0.25, 0.3) is 0 Å². The van der Waals surface area contributed by atoms with Gasteiger partial charge in [0.2, 0.25) is 0 Å². The molecule has 78 heavy (non-hydrogen) atoms. The van der Waals surface area contributed by atoms with Crippen LogP contribution in [0.15, 0.2) is 268 Å². The first kappa shape index (κ1) is 55.7. The van der Waals surface area contributed by atoms with Crippen molar-refractivity contribution in [2.24, 2.45) is 0 Å². The molecule has 10 nitrogen and oxygen atoms in total. The van der Waals surface area contributed by atoms with Crippen molar-refractivity contribution in [3.8, 4) is 67.9 Å². The van der Waals surface area contributed by atoms with E-state index >= 15 is 0 Å². The summed E-state index contributed by atoms with van der Waals surface area (Å²) >= 11 is 0. The molecule has 6 aromatic heterocycles. The summed E-state index contributed by atoms with van der Waals surface area (Å²) in [7, 11) is 0. The summed E-state index contributed by atoms with van der Waals surface area (Å²) in [6.07, 6.45) is 8.97. The number of aromatic nitrogens is 10. The van der Waals surface area contributed by atoms with Gasteiger partial charge in [-0.1, -0.05) is 194 Å². The van der Waals surface area contributed by atoms with Gasteiger partial charge in [-0.2, -0.15) is 0 Å². The third-order valence-electron chi connectivity index (χ3n) is 11.2. The standard InChI is InChI=1S/2C17H14N2.C16H13N3.3C6H7N/c1-13-18-16(14-8-4-2-5-9-14)12-17(19-13)15-10-6-3-7-11-15;1-13-12-16(14-8-4-2-5-9-14)19-17(18-13)15-10-6-3-7-11-15;1-12-17-15(13-8-4-2-5-9-13)19-16(18-12)14-10-6-3-7-11-14;1-6-2-4-7-5-3-6;1-6-3-2-4-7-5-6;1-6-4-2-3-5-7-6/h2*2-12H,1H3;2-11H,1H3;3*2-5H,1H3. The smallest absolute Gasteiger partial charge is 0.163 e. The largest absolute Gasteiger partial charge is 0.265 e. The molecule has 0 atom stereocenters. The Labute approximate surface area is 458 Å². The summed E-state index contributed by atoms with van der Waals surface area (Å²) in [5, 5.41) is 0. The van der Waals surface area contributed by atoms with Crippen LogP contribution in [0.4, 0.5) is 0 Å². The number of benzene rings is 6. The Balaban J connectivity index is 0.000000143. The molecule has 0 saturated carbocycles. The maximum absolute atomic E-state index is 4.66. The minimum Gasteiger partial charge on any atom is -0.265 e. The molecule has 0 saturated heterocycles. The first-order chi connectivity index (χ1) is 38.2. The maximum Gasteiger partial charge on any atom is 0.163 e. The van der Waals surface area contributed by atoms with Gasteiger partial charge < -0.3 is 0 Å². The van der Waals surface area contributed by atoms with E-state index in [-0.39, 0.29) is 0 Å². The van der Waals surface area contributed by atoms with Crippen LogP contribution in [-0.4, -0.2) is 49.8 Å². The first-order valence-electron chi connectivity index (χ1n) is 25.5. The molecule has 0 N–H and O–H groups in total. The summed E-state index contributed by atoms with van der Waals surface area (Å²) < 4.78 is 0. The van der Waals surface area contributed by atoms with Gasteiger partial charge in [-0.3, -0.25) is 15.0 Å². The van der Waals surface area contributed by atoms with Gasteiger partial charge in [-0.15, -0.1) is 0 Å². The van der Waals surface area contributed by atoms with Crippen LogP contribution >= 0.6 is 0 Å². The van der Waals surface area contributed by atoms with E-state index in [0.717, 1.165) is 79.3 Å². The van der Waals surface area contributed by atoms with Crippen molar-refractivity contribution in [1.82, 2.24) is 49.8 Å². The average molecular weight is 1020 g/mol. The number of aryl methyl sites for hydroxylation is 6. The van der Waals surface area contributed by atoms with E-state index < -0.39 is 0 Å².